The van der Waals surface area contributed by atoms with Gasteiger partial charge in [-0.3, -0.25) is 0 Å². The molecule has 11 heteroatoms. The molecule has 0 amide bonds. The third-order valence-electron chi connectivity index (χ3n) is 6.44. The standard InChI is InChI=1S/C25H20F3N5O3/c1-25(34,35)16-10-19-21(11-18(16)28)36-24(30-19)15-12-29-33-8-6-22(31-23(15)33)32-7-2-3-20(32)14-9-13(26)4-5-17(14)27/h4-6,8-12,20,34-35H,2-3,7H2,1H3/t20-/m1/s1. The second-order valence-corrected chi connectivity index (χ2v) is 8.97. The van der Waals surface area contributed by atoms with Gasteiger partial charge in [-0.05, 0) is 50.1 Å². The molecule has 4 heterocycles. The van der Waals surface area contributed by atoms with Crippen LogP contribution in [0.15, 0.2) is 53.2 Å². The molecule has 0 spiro atoms. The number of rotatable bonds is 4. The fraction of sp³-hybridized carbons (Fsp3) is 0.240. The Morgan fingerprint density at radius 3 is 2.69 bits per heavy atom. The maximum absolute atomic E-state index is 14.5. The number of hydrogen-bond acceptors (Lipinski definition) is 7. The van der Waals surface area contributed by atoms with E-state index in [4.69, 9.17) is 9.40 Å². The van der Waals surface area contributed by atoms with Crippen molar-refractivity contribution in [2.24, 2.45) is 0 Å². The fourth-order valence-corrected chi connectivity index (χ4v) is 4.73. The first kappa shape index (κ1) is 22.5. The van der Waals surface area contributed by atoms with E-state index in [0.717, 1.165) is 31.5 Å². The van der Waals surface area contributed by atoms with Crippen molar-refractivity contribution in [1.29, 1.82) is 0 Å². The van der Waals surface area contributed by atoms with Crippen molar-refractivity contribution in [3.05, 3.63) is 77.4 Å². The van der Waals surface area contributed by atoms with Crippen molar-refractivity contribution in [3.63, 3.8) is 0 Å². The van der Waals surface area contributed by atoms with Crippen LogP contribution in [0.4, 0.5) is 19.0 Å². The van der Waals surface area contributed by atoms with E-state index in [9.17, 15) is 23.4 Å². The van der Waals surface area contributed by atoms with Gasteiger partial charge in [-0.25, -0.2) is 27.7 Å². The van der Waals surface area contributed by atoms with Crippen molar-refractivity contribution in [2.75, 3.05) is 11.4 Å². The minimum Gasteiger partial charge on any atom is -0.436 e. The summed E-state index contributed by atoms with van der Waals surface area (Å²) in [5.74, 6) is -3.53. The van der Waals surface area contributed by atoms with Crippen LogP contribution >= 0.6 is 0 Å². The van der Waals surface area contributed by atoms with Gasteiger partial charge in [-0.1, -0.05) is 0 Å². The minimum absolute atomic E-state index is 0.118. The second kappa shape index (κ2) is 8.04. The third kappa shape index (κ3) is 3.67. The molecule has 1 atom stereocenters. The summed E-state index contributed by atoms with van der Waals surface area (Å²) in [6, 6.07) is 7.07. The Morgan fingerprint density at radius 1 is 1.06 bits per heavy atom. The Kier molecular flexibility index (Phi) is 5.02. The van der Waals surface area contributed by atoms with E-state index in [1.54, 1.807) is 12.3 Å². The van der Waals surface area contributed by atoms with Gasteiger partial charge in [0.05, 0.1) is 12.2 Å². The van der Waals surface area contributed by atoms with Gasteiger partial charge in [0.1, 0.15) is 34.3 Å². The highest BCUT2D eigenvalue weighted by Crippen LogP contribution is 2.38. The zero-order chi connectivity index (χ0) is 25.2. The molecular weight excluding hydrogens is 475 g/mol. The summed E-state index contributed by atoms with van der Waals surface area (Å²) in [4.78, 5) is 11.0. The molecule has 6 rings (SSSR count). The molecule has 0 unspecified atom stereocenters. The van der Waals surface area contributed by atoms with E-state index in [1.165, 1.54) is 22.8 Å². The maximum Gasteiger partial charge on any atom is 0.232 e. The Labute approximate surface area is 202 Å². The van der Waals surface area contributed by atoms with Gasteiger partial charge in [-0.15, -0.1) is 0 Å². The lowest BCUT2D eigenvalue weighted by atomic mass is 10.0. The normalized spacial score (nSPS) is 16.5. The molecule has 8 nitrogen and oxygen atoms in total. The van der Waals surface area contributed by atoms with Crippen LogP contribution in [0.1, 0.15) is 36.9 Å². The molecule has 0 bridgehead atoms. The maximum atomic E-state index is 14.5. The van der Waals surface area contributed by atoms with Gasteiger partial charge >= 0.3 is 0 Å². The van der Waals surface area contributed by atoms with Crippen LogP contribution < -0.4 is 4.90 Å². The minimum atomic E-state index is -2.38. The molecule has 1 aliphatic rings. The number of nitrogens with zero attached hydrogens (tertiary/aromatic N) is 5. The van der Waals surface area contributed by atoms with Gasteiger partial charge in [0.2, 0.25) is 5.89 Å². The average molecular weight is 495 g/mol. The van der Waals surface area contributed by atoms with Crippen LogP contribution in [0.3, 0.4) is 0 Å². The van der Waals surface area contributed by atoms with Crippen molar-refractivity contribution >= 4 is 22.6 Å². The fourth-order valence-electron chi connectivity index (χ4n) is 4.73. The topological polar surface area (TPSA) is 99.9 Å². The van der Waals surface area contributed by atoms with Crippen LogP contribution in [0.2, 0.25) is 0 Å². The number of fused-ring (bicyclic) bond motifs is 2. The Hall–Kier alpha value is -3.96. The van der Waals surface area contributed by atoms with Gasteiger partial charge in [0, 0.05) is 29.9 Å². The number of oxazole rings is 1. The second-order valence-electron chi connectivity index (χ2n) is 8.97. The predicted molar refractivity (Wildman–Crippen MR) is 123 cm³/mol. The molecule has 1 saturated heterocycles. The molecule has 5 aromatic rings. The van der Waals surface area contributed by atoms with E-state index >= 15 is 0 Å². The van der Waals surface area contributed by atoms with Gasteiger partial charge in [0.15, 0.2) is 17.0 Å². The first-order valence-electron chi connectivity index (χ1n) is 11.3. The van der Waals surface area contributed by atoms with Crippen LogP contribution in [0, 0.1) is 17.5 Å². The molecular formula is C25H20F3N5O3. The predicted octanol–water partition coefficient (Wildman–Crippen LogP) is 4.45. The molecule has 0 aliphatic carbocycles. The number of anilines is 1. The highest BCUT2D eigenvalue weighted by Gasteiger charge is 2.30. The van der Waals surface area contributed by atoms with Crippen molar-refractivity contribution in [1.82, 2.24) is 19.6 Å². The average Bonchev–Trinajstić information content (AvgIpc) is 3.56. The summed E-state index contributed by atoms with van der Waals surface area (Å²) >= 11 is 0. The van der Waals surface area contributed by atoms with Gasteiger partial charge < -0.3 is 19.5 Å². The van der Waals surface area contributed by atoms with Crippen molar-refractivity contribution < 1.29 is 27.8 Å². The molecule has 184 valence electrons. The Balaban J connectivity index is 1.42. The Bertz CT molecular complexity index is 1630. The highest BCUT2D eigenvalue weighted by molar-refractivity contribution is 5.81. The smallest absolute Gasteiger partial charge is 0.232 e. The largest absolute Gasteiger partial charge is 0.436 e. The lowest BCUT2D eigenvalue weighted by molar-refractivity contribution is -0.154. The number of benzene rings is 2. The molecule has 3 aromatic heterocycles. The molecule has 0 radical (unpaired) electrons. The summed E-state index contributed by atoms with van der Waals surface area (Å²) in [7, 11) is 0. The Morgan fingerprint density at radius 2 is 1.89 bits per heavy atom. The molecule has 2 N–H and O–H groups in total. The third-order valence-corrected chi connectivity index (χ3v) is 6.44. The number of aliphatic hydroxyl groups is 2. The highest BCUT2D eigenvalue weighted by atomic mass is 19.1. The molecule has 2 aromatic carbocycles. The van der Waals surface area contributed by atoms with Crippen LogP contribution in [0.5, 0.6) is 0 Å². The quantitative estimate of drug-likeness (QED) is 0.355. The monoisotopic (exact) mass is 495 g/mol. The van der Waals surface area contributed by atoms with E-state index in [1.807, 2.05) is 4.90 Å². The van der Waals surface area contributed by atoms with E-state index < -0.39 is 23.2 Å². The first-order chi connectivity index (χ1) is 17.2. The van der Waals surface area contributed by atoms with Gasteiger partial charge in [-0.2, -0.15) is 5.10 Å². The van der Waals surface area contributed by atoms with Gasteiger partial charge in [0.25, 0.3) is 0 Å². The first-order valence-corrected chi connectivity index (χ1v) is 11.3. The van der Waals surface area contributed by atoms with Crippen LogP contribution in [-0.4, -0.2) is 36.3 Å². The summed E-state index contributed by atoms with van der Waals surface area (Å²) in [5.41, 5.74) is 1.12. The molecule has 0 saturated carbocycles. The SMILES string of the molecule is CC(O)(O)c1cc2nc(-c3cnn4ccc(N5CCC[C@@H]5c5cc(F)ccc5F)nc34)oc2cc1F. The zero-order valence-corrected chi connectivity index (χ0v) is 19.0. The summed E-state index contributed by atoms with van der Waals surface area (Å²) in [6.07, 6.45) is 4.63. The molecule has 1 aliphatic heterocycles. The van der Waals surface area contributed by atoms with Crippen molar-refractivity contribution in [3.8, 4) is 11.5 Å². The molecule has 1 fully saturated rings. The van der Waals surface area contributed by atoms with Crippen LogP contribution in [0.25, 0.3) is 28.2 Å². The molecule has 36 heavy (non-hydrogen) atoms. The van der Waals surface area contributed by atoms with E-state index in [-0.39, 0.29) is 34.2 Å². The number of hydrogen-bond donors (Lipinski definition) is 2. The number of aromatic nitrogens is 4. The number of halogens is 3. The lowest BCUT2D eigenvalue weighted by Gasteiger charge is -2.26. The van der Waals surface area contributed by atoms with Crippen LogP contribution in [-0.2, 0) is 5.79 Å². The van der Waals surface area contributed by atoms with E-state index in [0.29, 0.717) is 30.0 Å². The van der Waals surface area contributed by atoms with Crippen molar-refractivity contribution in [2.45, 2.75) is 31.6 Å². The lowest BCUT2D eigenvalue weighted by Crippen LogP contribution is -2.24. The summed E-state index contributed by atoms with van der Waals surface area (Å²) < 4.78 is 50.0. The van der Waals surface area contributed by atoms with E-state index in [2.05, 4.69) is 10.1 Å². The summed E-state index contributed by atoms with van der Waals surface area (Å²) in [5, 5.41) is 23.9. The summed E-state index contributed by atoms with van der Waals surface area (Å²) in [6.45, 7) is 1.66. The zero-order valence-electron chi connectivity index (χ0n) is 19.0.